The molecule has 0 aliphatic rings. The highest BCUT2D eigenvalue weighted by Gasteiger charge is 2.28. The van der Waals surface area contributed by atoms with E-state index in [0.29, 0.717) is 17.4 Å². The monoisotopic (exact) mass is 1200 g/mol. The molecule has 0 aliphatic heterocycles. The lowest BCUT2D eigenvalue weighted by atomic mass is 10.0. The molecule has 0 fully saturated rings. The Morgan fingerprint density at radius 2 is 0.706 bits per heavy atom. The van der Waals surface area contributed by atoms with Gasteiger partial charge in [0.25, 0.3) is 0 Å². The number of hydrogen-bond acceptors (Lipinski definition) is 5. The fourth-order valence-electron chi connectivity index (χ4n) is 9.46. The topological polar surface area (TPSA) is 105 Å². The predicted molar refractivity (Wildman–Crippen MR) is 373 cm³/mol. The van der Waals surface area contributed by atoms with Crippen molar-refractivity contribution in [3.05, 3.63) is 146 Å². The van der Waals surface area contributed by atoms with Crippen LogP contribution < -0.4 is 5.32 Å². The van der Waals surface area contributed by atoms with Crippen molar-refractivity contribution < 1.29 is 32.9 Å². The second-order valence-corrected chi connectivity index (χ2v) is 25.6. The molecule has 486 valence electrons. The molecule has 0 saturated carbocycles. The maximum Gasteiger partial charge on any atom is 0.472 e. The summed E-state index contributed by atoms with van der Waals surface area (Å²) in [7, 11) is 1.54. The summed E-state index contributed by atoms with van der Waals surface area (Å²) in [6.07, 6.45) is 99.8. The van der Waals surface area contributed by atoms with Gasteiger partial charge in [0.2, 0.25) is 5.91 Å². The number of nitrogens with zero attached hydrogens (tertiary/aromatic N) is 1. The number of allylic oxidation sites excluding steroid dienone is 23. The van der Waals surface area contributed by atoms with Gasteiger partial charge in [0.15, 0.2) is 0 Å². The molecule has 0 saturated heterocycles. The molecule has 0 heterocycles. The van der Waals surface area contributed by atoms with Gasteiger partial charge in [0.05, 0.1) is 39.9 Å². The van der Waals surface area contributed by atoms with Crippen LogP contribution in [-0.2, 0) is 18.4 Å². The molecule has 8 nitrogen and oxygen atoms in total. The number of unbranched alkanes of at least 4 members (excludes halogenated alkanes) is 27. The van der Waals surface area contributed by atoms with Crippen LogP contribution in [0.1, 0.15) is 277 Å². The lowest BCUT2D eigenvalue weighted by Gasteiger charge is -2.25. The summed E-state index contributed by atoms with van der Waals surface area (Å²) in [4.78, 5) is 23.4. The highest BCUT2D eigenvalue weighted by molar-refractivity contribution is 7.47. The Balaban J connectivity index is 4.20. The average Bonchev–Trinajstić information content (AvgIpc) is 3.49. The van der Waals surface area contributed by atoms with Crippen molar-refractivity contribution in [3.63, 3.8) is 0 Å². The first-order chi connectivity index (χ1) is 41.5. The Bertz CT molecular complexity index is 1900. The van der Waals surface area contributed by atoms with Gasteiger partial charge in [-0.25, -0.2) is 4.57 Å². The van der Waals surface area contributed by atoms with E-state index in [9.17, 15) is 19.4 Å². The van der Waals surface area contributed by atoms with Crippen molar-refractivity contribution in [1.29, 1.82) is 0 Å². The molecule has 0 aromatic heterocycles. The number of quaternary nitrogens is 1. The van der Waals surface area contributed by atoms with Gasteiger partial charge in [-0.15, -0.1) is 0 Å². The molecule has 0 spiro atoms. The van der Waals surface area contributed by atoms with E-state index in [1.54, 1.807) is 6.08 Å². The summed E-state index contributed by atoms with van der Waals surface area (Å²) < 4.78 is 23.8. The molecular weight excluding hydrogens is 1070 g/mol. The molecule has 9 heteroatoms. The maximum absolute atomic E-state index is 13.0. The zero-order valence-electron chi connectivity index (χ0n) is 55.5. The van der Waals surface area contributed by atoms with Crippen molar-refractivity contribution in [2.45, 2.75) is 289 Å². The number of nitrogens with one attached hydrogen (secondary N) is 1. The molecule has 3 unspecified atom stereocenters. The molecule has 0 radical (unpaired) electrons. The number of hydrogen-bond donors (Lipinski definition) is 3. The molecule has 1 amide bonds. The Hall–Kier alpha value is -3.62. The van der Waals surface area contributed by atoms with Gasteiger partial charge < -0.3 is 19.8 Å². The van der Waals surface area contributed by atoms with Gasteiger partial charge >= 0.3 is 7.82 Å². The number of amides is 1. The summed E-state index contributed by atoms with van der Waals surface area (Å²) in [6.45, 7) is 4.70. The number of phosphoric ester groups is 1. The Morgan fingerprint density at radius 3 is 1.04 bits per heavy atom. The maximum atomic E-state index is 13.0. The van der Waals surface area contributed by atoms with Crippen LogP contribution in [0.4, 0.5) is 0 Å². The first kappa shape index (κ1) is 81.4. The molecule has 3 atom stereocenters. The second kappa shape index (κ2) is 64.8. The number of likely N-dealkylation sites (N-methyl/N-ethyl adjacent to an activating group) is 1. The zero-order chi connectivity index (χ0) is 61.9. The molecule has 3 N–H and O–H groups in total. The van der Waals surface area contributed by atoms with Crippen molar-refractivity contribution in [1.82, 2.24) is 5.32 Å². The highest BCUT2D eigenvalue weighted by Crippen LogP contribution is 2.43. The largest absolute Gasteiger partial charge is 0.472 e. The van der Waals surface area contributed by atoms with Crippen LogP contribution in [-0.4, -0.2) is 73.4 Å². The van der Waals surface area contributed by atoms with Crippen LogP contribution in [0.2, 0.25) is 0 Å². The first-order valence-corrected chi connectivity index (χ1v) is 36.2. The molecule has 85 heavy (non-hydrogen) atoms. The van der Waals surface area contributed by atoms with E-state index in [-0.39, 0.29) is 19.1 Å². The van der Waals surface area contributed by atoms with Crippen molar-refractivity contribution in [3.8, 4) is 0 Å². The van der Waals surface area contributed by atoms with E-state index < -0.39 is 20.0 Å². The second-order valence-electron chi connectivity index (χ2n) is 24.2. The molecule has 0 aromatic rings. The van der Waals surface area contributed by atoms with Crippen molar-refractivity contribution in [2.75, 3.05) is 40.9 Å². The van der Waals surface area contributed by atoms with Gasteiger partial charge in [-0.2, -0.15) is 0 Å². The highest BCUT2D eigenvalue weighted by atomic mass is 31.2. The fraction of sp³-hybridized carbons (Fsp3) is 0.671. The Kier molecular flexibility index (Phi) is 62.1. The number of aliphatic hydroxyl groups is 1. The third-order valence-electron chi connectivity index (χ3n) is 14.8. The van der Waals surface area contributed by atoms with Crippen molar-refractivity contribution in [2.24, 2.45) is 0 Å². The van der Waals surface area contributed by atoms with E-state index in [4.69, 9.17) is 9.05 Å². The van der Waals surface area contributed by atoms with E-state index in [1.165, 1.54) is 128 Å². The number of carbonyl (C=O) groups is 1. The minimum atomic E-state index is -4.37. The Labute approximate surface area is 525 Å². The SMILES string of the molecule is CC/C=C\C/C=C\C/C=C\C/C=C\C/C=C\C/C=C\C/C=C\C/C=C\C/C=C\C/C=C\C/C=C\CCCCCCCC(=O)NC(COP(=O)(O)OCC[N+](C)(C)C)C(O)/C=C/CCCCCCCCCCCCCCCCCCCCCCCC. The lowest BCUT2D eigenvalue weighted by molar-refractivity contribution is -0.870. The smallest absolute Gasteiger partial charge is 0.387 e. The zero-order valence-corrected chi connectivity index (χ0v) is 56.4. The van der Waals surface area contributed by atoms with E-state index in [0.717, 1.165) is 128 Å². The summed E-state index contributed by atoms with van der Waals surface area (Å²) >= 11 is 0. The van der Waals surface area contributed by atoms with E-state index in [1.807, 2.05) is 27.2 Å². The van der Waals surface area contributed by atoms with Gasteiger partial charge in [-0.05, 0) is 103 Å². The lowest BCUT2D eigenvalue weighted by Crippen LogP contribution is -2.45. The van der Waals surface area contributed by atoms with Crippen LogP contribution in [0, 0.1) is 0 Å². The molecular formula is C76H132N2O6P+. The molecule has 0 rings (SSSR count). The van der Waals surface area contributed by atoms with Crippen LogP contribution in [0.5, 0.6) is 0 Å². The number of rotatable bonds is 62. The van der Waals surface area contributed by atoms with Gasteiger partial charge in [-0.3, -0.25) is 13.8 Å². The number of carbonyl (C=O) groups excluding carboxylic acids is 1. The molecule has 0 aromatic carbocycles. The van der Waals surface area contributed by atoms with Gasteiger partial charge in [0.1, 0.15) is 13.2 Å². The van der Waals surface area contributed by atoms with E-state index >= 15 is 0 Å². The van der Waals surface area contributed by atoms with Gasteiger partial charge in [0, 0.05) is 6.42 Å². The summed E-state index contributed by atoms with van der Waals surface area (Å²) in [5.74, 6) is -0.199. The number of phosphoric acid groups is 1. The number of aliphatic hydroxyl groups excluding tert-OH is 1. The summed E-state index contributed by atoms with van der Waals surface area (Å²) in [5.41, 5.74) is 0. The first-order valence-electron chi connectivity index (χ1n) is 34.7. The van der Waals surface area contributed by atoms with Crippen LogP contribution >= 0.6 is 7.82 Å². The summed E-state index contributed by atoms with van der Waals surface area (Å²) in [5, 5.41) is 14.0. The minimum Gasteiger partial charge on any atom is -0.387 e. The normalized spacial score (nSPS) is 14.6. The molecule has 0 bridgehead atoms. The average molecular weight is 1200 g/mol. The molecule has 0 aliphatic carbocycles. The third kappa shape index (κ3) is 67.7. The quantitative estimate of drug-likeness (QED) is 0.0243. The van der Waals surface area contributed by atoms with Crippen LogP contribution in [0.3, 0.4) is 0 Å². The van der Waals surface area contributed by atoms with Crippen LogP contribution in [0.15, 0.2) is 146 Å². The Morgan fingerprint density at radius 1 is 0.412 bits per heavy atom. The van der Waals surface area contributed by atoms with Crippen LogP contribution in [0.25, 0.3) is 0 Å². The predicted octanol–water partition coefficient (Wildman–Crippen LogP) is 22.4. The summed E-state index contributed by atoms with van der Waals surface area (Å²) in [6, 6.07) is -0.869. The van der Waals surface area contributed by atoms with E-state index in [2.05, 4.69) is 153 Å². The van der Waals surface area contributed by atoms with Gasteiger partial charge in [-0.1, -0.05) is 314 Å². The third-order valence-corrected chi connectivity index (χ3v) is 15.8. The standard InChI is InChI=1S/C76H131N2O6P/c1-6-8-10-12-14-16-18-20-22-24-26-28-30-32-33-34-35-36-37-38-39-40-41-42-43-44-45-46-48-50-52-54-56-58-60-62-64-66-68-70-76(80)77-74(73-84-85(81,82)83-72-71-78(3,4)5)75(79)69-67-65-63-61-59-57-55-53-51-49-47-31-29-27-25-23-21-19-17-15-13-11-9-7-2/h8,10,14,16,20,22,26,28,32-33,35-36,38-39,41-42,44-45,48,50,54,56,67,69,74-75,79H,6-7,9,11-13,15,17-19,21,23-25,27,29-31,34,37,40,43,46-47,49,51-53,55,57-66,68,70-73H2,1-5H3,(H-,77,80,81,82)/p+1/b10-8-,16-14-,22-20-,28-26-,33-32-,36-35-,39-38-,42-41-,45-44-,50-48-,56-54-,69-67+. The minimum absolute atomic E-state index is 0.0503. The van der Waals surface area contributed by atoms with Crippen molar-refractivity contribution >= 4 is 13.7 Å². The fourth-order valence-corrected chi connectivity index (χ4v) is 10.2.